The molecule has 0 aliphatic carbocycles. The molecule has 5 heteroatoms. The van der Waals surface area contributed by atoms with Crippen molar-refractivity contribution in [1.82, 2.24) is 5.32 Å². The number of hydrogen-bond donors (Lipinski definition) is 3. The highest BCUT2D eigenvalue weighted by atomic mass is 16.5. The summed E-state index contributed by atoms with van der Waals surface area (Å²) in [4.78, 5) is 10.1. The van der Waals surface area contributed by atoms with Crippen LogP contribution in [0.2, 0.25) is 0 Å². The Morgan fingerprint density at radius 2 is 2.27 bits per heavy atom. The fourth-order valence-electron chi connectivity index (χ4n) is 0.521. The topological polar surface area (TPSA) is 84.6 Å². The second-order valence-corrected chi connectivity index (χ2v) is 1.99. The van der Waals surface area contributed by atoms with E-state index in [0.717, 1.165) is 0 Å². The fraction of sp³-hybridized carbons (Fsp3) is 0.833. The van der Waals surface area contributed by atoms with Gasteiger partial charge in [0.2, 0.25) is 5.91 Å². The summed E-state index contributed by atoms with van der Waals surface area (Å²) < 4.78 is 4.82. The molecule has 0 rings (SSSR count). The molecule has 4 N–H and O–H groups in total. The van der Waals surface area contributed by atoms with Gasteiger partial charge in [-0.15, -0.1) is 0 Å². The van der Waals surface area contributed by atoms with Gasteiger partial charge in [-0.1, -0.05) is 0 Å². The van der Waals surface area contributed by atoms with Gasteiger partial charge in [0.25, 0.3) is 0 Å². The summed E-state index contributed by atoms with van der Waals surface area (Å²) in [6.45, 7) is 1.66. The number of hydrogen-bond acceptors (Lipinski definition) is 4. The van der Waals surface area contributed by atoms with Gasteiger partial charge in [0.15, 0.2) is 0 Å². The van der Waals surface area contributed by atoms with E-state index in [2.05, 4.69) is 5.32 Å². The maximum atomic E-state index is 10.1. The van der Waals surface area contributed by atoms with Crippen molar-refractivity contribution >= 4 is 5.91 Å². The number of ether oxygens (including phenoxy) is 1. The number of amides is 1. The summed E-state index contributed by atoms with van der Waals surface area (Å²) >= 11 is 0. The van der Waals surface area contributed by atoms with Crippen molar-refractivity contribution in [2.75, 3.05) is 32.9 Å². The molecule has 0 aliphatic heterocycles. The van der Waals surface area contributed by atoms with Crippen LogP contribution < -0.4 is 11.1 Å². The van der Waals surface area contributed by atoms with Crippen LogP contribution in [0.5, 0.6) is 0 Å². The predicted octanol–water partition coefficient (Wildman–Crippen LogP) is -1.93. The van der Waals surface area contributed by atoms with Crippen LogP contribution in [-0.2, 0) is 9.53 Å². The number of carbonyl (C=O) groups excluding carboxylic acids is 1. The number of aliphatic hydroxyl groups is 1. The summed E-state index contributed by atoms with van der Waals surface area (Å²) in [5, 5.41) is 11.2. The maximum absolute atomic E-state index is 10.1. The van der Waals surface area contributed by atoms with Crippen LogP contribution in [0.3, 0.4) is 0 Å². The third-order valence-electron chi connectivity index (χ3n) is 0.956. The monoisotopic (exact) mass is 162 g/mol. The van der Waals surface area contributed by atoms with Crippen molar-refractivity contribution in [1.29, 1.82) is 0 Å². The quantitative estimate of drug-likeness (QED) is 0.381. The third kappa shape index (κ3) is 9.35. The summed E-state index contributed by atoms with van der Waals surface area (Å²) in [5.41, 5.74) is 4.81. The van der Waals surface area contributed by atoms with Crippen LogP contribution >= 0.6 is 0 Å². The zero-order chi connectivity index (χ0) is 8.53. The molecule has 5 nitrogen and oxygen atoms in total. The predicted molar refractivity (Wildman–Crippen MR) is 40.0 cm³/mol. The van der Waals surface area contributed by atoms with Gasteiger partial charge in [-0.2, -0.15) is 0 Å². The van der Waals surface area contributed by atoms with Crippen LogP contribution in [0.15, 0.2) is 0 Å². The highest BCUT2D eigenvalue weighted by Crippen LogP contribution is 1.70. The lowest BCUT2D eigenvalue weighted by Gasteiger charge is -2.01. The first-order valence-electron chi connectivity index (χ1n) is 3.45. The molecule has 11 heavy (non-hydrogen) atoms. The van der Waals surface area contributed by atoms with Gasteiger partial charge in [-0.05, 0) is 0 Å². The Bertz CT molecular complexity index is 108. The van der Waals surface area contributed by atoms with Gasteiger partial charge in [-0.25, -0.2) is 0 Å². The third-order valence-corrected chi connectivity index (χ3v) is 0.956. The minimum atomic E-state index is -0.466. The summed E-state index contributed by atoms with van der Waals surface area (Å²) in [5.74, 6) is -0.466. The van der Waals surface area contributed by atoms with Crippen molar-refractivity contribution in [3.8, 4) is 0 Å². The average Bonchev–Trinajstić information content (AvgIpc) is 1.96. The summed E-state index contributed by atoms with van der Waals surface area (Å²) in [7, 11) is 0. The van der Waals surface area contributed by atoms with E-state index in [9.17, 15) is 4.79 Å². The van der Waals surface area contributed by atoms with E-state index in [0.29, 0.717) is 19.7 Å². The molecule has 0 atom stereocenters. The largest absolute Gasteiger partial charge is 0.395 e. The van der Waals surface area contributed by atoms with E-state index in [1.165, 1.54) is 0 Å². The van der Waals surface area contributed by atoms with Crippen molar-refractivity contribution < 1.29 is 14.6 Å². The number of aliphatic hydroxyl groups excluding tert-OH is 1. The highest BCUT2D eigenvalue weighted by Gasteiger charge is 1.92. The molecule has 0 unspecified atom stereocenters. The zero-order valence-electron chi connectivity index (χ0n) is 6.38. The minimum Gasteiger partial charge on any atom is -0.395 e. The molecule has 0 heterocycles. The highest BCUT2D eigenvalue weighted by molar-refractivity contribution is 5.74. The van der Waals surface area contributed by atoms with E-state index in [1.54, 1.807) is 0 Å². The lowest BCUT2D eigenvalue weighted by Crippen LogP contribution is -2.25. The second kappa shape index (κ2) is 7.46. The minimum absolute atomic E-state index is 0.0409. The van der Waals surface area contributed by atoms with E-state index < -0.39 is 5.91 Å². The molecule has 0 spiro atoms. The molecule has 0 aliphatic rings. The van der Waals surface area contributed by atoms with Crippen LogP contribution in [-0.4, -0.2) is 43.9 Å². The molecular formula is C6H14N2O3. The lowest BCUT2D eigenvalue weighted by molar-refractivity contribution is -0.122. The first-order chi connectivity index (χ1) is 5.27. The van der Waals surface area contributed by atoms with Gasteiger partial charge in [-0.3, -0.25) is 4.79 Å². The Labute approximate surface area is 65.5 Å². The first kappa shape index (κ1) is 10.3. The normalized spacial score (nSPS) is 9.91. The van der Waals surface area contributed by atoms with Crippen LogP contribution in [0.25, 0.3) is 0 Å². The Balaban J connectivity index is 2.85. The number of primary amides is 1. The molecule has 0 fully saturated rings. The number of nitrogens with two attached hydrogens (primary N) is 1. The fourth-order valence-corrected chi connectivity index (χ4v) is 0.521. The average molecular weight is 162 g/mol. The molecule has 0 aromatic heterocycles. The number of rotatable bonds is 7. The molecule has 0 bridgehead atoms. The molecular weight excluding hydrogens is 148 g/mol. The van der Waals surface area contributed by atoms with Gasteiger partial charge >= 0.3 is 0 Å². The van der Waals surface area contributed by atoms with Crippen LogP contribution in [0, 0.1) is 0 Å². The Morgan fingerprint density at radius 3 is 2.82 bits per heavy atom. The molecule has 0 aromatic carbocycles. The van der Waals surface area contributed by atoms with E-state index >= 15 is 0 Å². The van der Waals surface area contributed by atoms with E-state index in [1.807, 2.05) is 0 Å². The van der Waals surface area contributed by atoms with Crippen molar-refractivity contribution in [2.24, 2.45) is 5.73 Å². The van der Waals surface area contributed by atoms with Gasteiger partial charge in [0.1, 0.15) is 6.61 Å². The zero-order valence-corrected chi connectivity index (χ0v) is 6.38. The molecule has 0 saturated heterocycles. The SMILES string of the molecule is NC(=O)COCCNCCO. The standard InChI is InChI=1S/C6H14N2O3/c7-6(10)5-11-4-2-8-1-3-9/h8-9H,1-5H2,(H2,7,10). The Hall–Kier alpha value is -0.650. The molecule has 1 amide bonds. The van der Waals surface area contributed by atoms with Crippen LogP contribution in [0.1, 0.15) is 0 Å². The van der Waals surface area contributed by atoms with Gasteiger partial charge in [0.05, 0.1) is 13.2 Å². The molecule has 66 valence electrons. The maximum Gasteiger partial charge on any atom is 0.243 e. The summed E-state index contributed by atoms with van der Waals surface area (Å²) in [6.07, 6.45) is 0. The first-order valence-corrected chi connectivity index (χ1v) is 3.45. The van der Waals surface area contributed by atoms with Crippen LogP contribution in [0.4, 0.5) is 0 Å². The molecule has 0 radical (unpaired) electrons. The second-order valence-electron chi connectivity index (χ2n) is 1.99. The van der Waals surface area contributed by atoms with Crippen molar-refractivity contribution in [2.45, 2.75) is 0 Å². The molecule has 0 saturated carbocycles. The lowest BCUT2D eigenvalue weighted by atomic mass is 10.6. The van der Waals surface area contributed by atoms with E-state index in [-0.39, 0.29) is 13.2 Å². The van der Waals surface area contributed by atoms with Crippen molar-refractivity contribution in [3.05, 3.63) is 0 Å². The number of nitrogens with one attached hydrogen (secondary N) is 1. The summed E-state index contributed by atoms with van der Waals surface area (Å²) in [6, 6.07) is 0. The molecule has 0 aromatic rings. The Morgan fingerprint density at radius 1 is 1.55 bits per heavy atom. The van der Waals surface area contributed by atoms with Gasteiger partial charge in [0, 0.05) is 13.1 Å². The Kier molecular flexibility index (Phi) is 7.02. The van der Waals surface area contributed by atoms with E-state index in [4.69, 9.17) is 15.6 Å². The smallest absolute Gasteiger partial charge is 0.243 e. The number of carbonyl (C=O) groups is 1. The van der Waals surface area contributed by atoms with Crippen molar-refractivity contribution in [3.63, 3.8) is 0 Å². The van der Waals surface area contributed by atoms with Gasteiger partial charge < -0.3 is 20.9 Å².